The first-order chi connectivity index (χ1) is 9.41. The van der Waals surface area contributed by atoms with E-state index in [0.29, 0.717) is 12.8 Å². The van der Waals surface area contributed by atoms with E-state index in [1.807, 2.05) is 26.0 Å². The summed E-state index contributed by atoms with van der Waals surface area (Å²) in [6.45, 7) is 3.70. The zero-order valence-electron chi connectivity index (χ0n) is 11.7. The minimum Gasteiger partial charge on any atom is -0.368 e. The second kappa shape index (κ2) is 5.82. The fourth-order valence-corrected chi connectivity index (χ4v) is 3.69. The minimum absolute atomic E-state index is 0.00417. The second-order valence-corrected chi connectivity index (χ2v) is 5.44. The van der Waals surface area contributed by atoms with Crippen LogP contribution < -0.4 is 11.1 Å². The number of rotatable bonds is 4. The first-order valence-corrected chi connectivity index (χ1v) is 7.01. The molecule has 3 N–H and O–H groups in total. The van der Waals surface area contributed by atoms with Crippen LogP contribution >= 0.6 is 15.9 Å². The summed E-state index contributed by atoms with van der Waals surface area (Å²) in [5.74, 6) is -0.833. The summed E-state index contributed by atoms with van der Waals surface area (Å²) in [5, 5.41) is 22.1. The maximum absolute atomic E-state index is 12.1. The molecular weight excluding hydrogens is 324 g/mol. The van der Waals surface area contributed by atoms with Crippen LogP contribution in [0.1, 0.15) is 26.7 Å². The van der Waals surface area contributed by atoms with Crippen molar-refractivity contribution in [1.29, 1.82) is 10.5 Å². The zero-order chi connectivity index (χ0) is 15.6. The molecule has 0 saturated heterocycles. The van der Waals surface area contributed by atoms with Gasteiger partial charge in [-0.25, -0.2) is 0 Å². The zero-order valence-corrected chi connectivity index (χ0v) is 13.2. The van der Waals surface area contributed by atoms with Crippen LogP contribution in [0.3, 0.4) is 0 Å². The first kappa shape index (κ1) is 16.5. The largest absolute Gasteiger partial charge is 0.368 e. The minimum atomic E-state index is -1.73. The van der Waals surface area contributed by atoms with Crippen molar-refractivity contribution in [3.05, 3.63) is 10.2 Å². The topological polar surface area (TPSA) is 112 Å². The number of nitrogens with zero attached hydrogens (tertiary/aromatic N) is 2. The van der Waals surface area contributed by atoms with Gasteiger partial charge in [-0.2, -0.15) is 10.5 Å². The van der Waals surface area contributed by atoms with Gasteiger partial charge in [-0.3, -0.25) is 4.79 Å². The van der Waals surface area contributed by atoms with E-state index in [9.17, 15) is 15.3 Å². The Morgan fingerprint density at radius 2 is 2.05 bits per heavy atom. The lowest BCUT2D eigenvalue weighted by molar-refractivity contribution is -0.142. The van der Waals surface area contributed by atoms with Crippen molar-refractivity contribution < 1.29 is 9.53 Å². The number of methoxy groups -OCH3 is 1. The number of hydrogen-bond donors (Lipinski definition) is 2. The predicted molar refractivity (Wildman–Crippen MR) is 75.8 cm³/mol. The van der Waals surface area contributed by atoms with Crippen molar-refractivity contribution in [2.45, 2.75) is 32.9 Å². The fourth-order valence-electron chi connectivity index (χ4n) is 3.10. The van der Waals surface area contributed by atoms with Crippen LogP contribution in [0.2, 0.25) is 0 Å². The van der Waals surface area contributed by atoms with Gasteiger partial charge in [0.25, 0.3) is 0 Å². The first-order valence-electron chi connectivity index (χ1n) is 6.22. The Bertz CT molecular complexity index is 527. The molecule has 7 heteroatoms. The standard InChI is InChI=1S/C13H17BrN4O2/c1-4-12(5-2)11(20-3)18-9(14)8(6-15)13(12,7-16)10(17)19/h11,18H,4-5H2,1-3H3,(H2,17,19). The van der Waals surface area contributed by atoms with Gasteiger partial charge in [-0.05, 0) is 28.8 Å². The number of ether oxygens (including phenoxy) is 1. The molecule has 20 heavy (non-hydrogen) atoms. The normalized spacial score (nSPS) is 28.2. The van der Waals surface area contributed by atoms with Crippen LogP contribution in [0.15, 0.2) is 10.2 Å². The maximum atomic E-state index is 12.1. The Morgan fingerprint density at radius 1 is 1.50 bits per heavy atom. The maximum Gasteiger partial charge on any atom is 0.244 e. The fraction of sp³-hybridized carbons (Fsp3) is 0.615. The van der Waals surface area contributed by atoms with E-state index in [2.05, 4.69) is 21.2 Å². The van der Waals surface area contributed by atoms with Crippen molar-refractivity contribution in [3.63, 3.8) is 0 Å². The highest BCUT2D eigenvalue weighted by Crippen LogP contribution is 2.55. The number of nitrogens with two attached hydrogens (primary N) is 1. The molecule has 1 heterocycles. The summed E-state index contributed by atoms with van der Waals surface area (Å²) in [6.07, 6.45) is 0.310. The molecule has 0 aromatic heterocycles. The van der Waals surface area contributed by atoms with Crippen molar-refractivity contribution in [2.75, 3.05) is 7.11 Å². The number of carbonyl (C=O) groups is 1. The van der Waals surface area contributed by atoms with Gasteiger partial charge in [0.2, 0.25) is 5.91 Å². The lowest BCUT2D eigenvalue weighted by Gasteiger charge is -2.51. The average Bonchev–Trinajstić information content (AvgIpc) is 2.45. The summed E-state index contributed by atoms with van der Waals surface area (Å²) in [6, 6.07) is 3.94. The van der Waals surface area contributed by atoms with Gasteiger partial charge < -0.3 is 15.8 Å². The van der Waals surface area contributed by atoms with Gasteiger partial charge in [-0.1, -0.05) is 13.8 Å². The van der Waals surface area contributed by atoms with Gasteiger partial charge >= 0.3 is 0 Å². The summed E-state index contributed by atoms with van der Waals surface area (Å²) >= 11 is 3.20. The number of nitrogens with one attached hydrogen (secondary N) is 1. The number of carbonyl (C=O) groups excluding carboxylic acids is 1. The monoisotopic (exact) mass is 340 g/mol. The summed E-state index contributed by atoms with van der Waals surface area (Å²) in [4.78, 5) is 12.1. The van der Waals surface area contributed by atoms with Gasteiger partial charge in [-0.15, -0.1) is 0 Å². The quantitative estimate of drug-likeness (QED) is 0.753. The van der Waals surface area contributed by atoms with Crippen molar-refractivity contribution in [2.24, 2.45) is 16.6 Å². The highest BCUT2D eigenvalue weighted by atomic mass is 79.9. The van der Waals surface area contributed by atoms with Crippen molar-refractivity contribution in [3.8, 4) is 12.1 Å². The smallest absolute Gasteiger partial charge is 0.244 e. The number of amides is 1. The summed E-state index contributed by atoms with van der Waals surface area (Å²) < 4.78 is 5.68. The van der Waals surface area contributed by atoms with E-state index in [1.54, 1.807) is 0 Å². The summed E-state index contributed by atoms with van der Waals surface area (Å²) in [7, 11) is 1.48. The lowest BCUT2D eigenvalue weighted by atomic mass is 9.55. The van der Waals surface area contributed by atoms with Crippen LogP contribution in [-0.2, 0) is 9.53 Å². The van der Waals surface area contributed by atoms with E-state index in [-0.39, 0.29) is 10.2 Å². The van der Waals surface area contributed by atoms with E-state index in [0.717, 1.165) is 0 Å². The molecule has 6 nitrogen and oxygen atoms in total. The molecule has 2 unspecified atom stereocenters. The van der Waals surface area contributed by atoms with Gasteiger partial charge in [0.15, 0.2) is 5.41 Å². The van der Waals surface area contributed by atoms with Crippen molar-refractivity contribution >= 4 is 21.8 Å². The van der Waals surface area contributed by atoms with Gasteiger partial charge in [0, 0.05) is 12.5 Å². The molecule has 0 aromatic carbocycles. The Balaban J connectivity index is 3.82. The Hall–Kier alpha value is -1.57. The average molecular weight is 341 g/mol. The molecule has 0 radical (unpaired) electrons. The molecule has 1 rings (SSSR count). The van der Waals surface area contributed by atoms with E-state index < -0.39 is 23.0 Å². The molecule has 0 spiro atoms. The van der Waals surface area contributed by atoms with E-state index >= 15 is 0 Å². The molecule has 0 aliphatic carbocycles. The second-order valence-electron chi connectivity index (χ2n) is 4.65. The van der Waals surface area contributed by atoms with Crippen molar-refractivity contribution in [1.82, 2.24) is 5.32 Å². The molecule has 0 bridgehead atoms. The van der Waals surface area contributed by atoms with Crippen LogP contribution in [0, 0.1) is 33.5 Å². The molecule has 0 aromatic rings. The predicted octanol–water partition coefficient (Wildman–Crippen LogP) is 1.49. The molecule has 1 aliphatic rings. The molecule has 108 valence electrons. The number of hydrogen-bond acceptors (Lipinski definition) is 5. The van der Waals surface area contributed by atoms with E-state index in [4.69, 9.17) is 10.5 Å². The molecule has 0 saturated carbocycles. The molecule has 1 aliphatic heterocycles. The third kappa shape index (κ3) is 1.81. The molecule has 0 fully saturated rings. The molecule has 2 atom stereocenters. The Kier molecular flexibility index (Phi) is 4.80. The van der Waals surface area contributed by atoms with E-state index in [1.165, 1.54) is 7.11 Å². The number of halogens is 1. The third-order valence-electron chi connectivity index (χ3n) is 4.25. The Labute approximate surface area is 126 Å². The molecular formula is C13H17BrN4O2. The number of primary amides is 1. The van der Waals surface area contributed by atoms with Crippen LogP contribution in [-0.4, -0.2) is 19.2 Å². The SMILES string of the molecule is CCC1(CC)C(OC)NC(Br)=C(C#N)C1(C#N)C(N)=O. The van der Waals surface area contributed by atoms with Gasteiger partial charge in [0.05, 0.1) is 22.3 Å². The van der Waals surface area contributed by atoms with Crippen LogP contribution in [0.25, 0.3) is 0 Å². The summed E-state index contributed by atoms with van der Waals surface area (Å²) in [5.41, 5.74) is 2.90. The Morgan fingerprint density at radius 3 is 2.35 bits per heavy atom. The van der Waals surface area contributed by atoms with Gasteiger partial charge in [0.1, 0.15) is 6.23 Å². The molecule has 1 amide bonds. The highest BCUT2D eigenvalue weighted by Gasteiger charge is 2.64. The van der Waals surface area contributed by atoms with Crippen LogP contribution in [0.4, 0.5) is 0 Å². The third-order valence-corrected chi connectivity index (χ3v) is 4.87. The lowest BCUT2D eigenvalue weighted by Crippen LogP contribution is -2.63. The van der Waals surface area contributed by atoms with Crippen LogP contribution in [0.5, 0.6) is 0 Å². The number of nitriles is 2. The highest BCUT2D eigenvalue weighted by molar-refractivity contribution is 9.11.